The molecule has 1 aromatic rings. The number of ether oxygens (including phenoxy) is 1. The molecule has 0 radical (unpaired) electrons. The summed E-state index contributed by atoms with van der Waals surface area (Å²) in [5.41, 5.74) is 0.614. The van der Waals surface area contributed by atoms with E-state index in [0.717, 1.165) is 5.56 Å². The van der Waals surface area contributed by atoms with Gasteiger partial charge in [-0.2, -0.15) is 0 Å². The fraction of sp³-hybridized carbons (Fsp3) is 0.526. The van der Waals surface area contributed by atoms with E-state index in [1.807, 2.05) is 0 Å². The molecule has 2 fully saturated rings. The molecule has 168 valence electrons. The first kappa shape index (κ1) is 23.2. The van der Waals surface area contributed by atoms with Crippen LogP contribution < -0.4 is 20.0 Å². The van der Waals surface area contributed by atoms with Crippen molar-refractivity contribution in [3.63, 3.8) is 0 Å². The van der Waals surface area contributed by atoms with E-state index in [1.54, 1.807) is 17.0 Å². The van der Waals surface area contributed by atoms with Crippen molar-refractivity contribution in [1.82, 2.24) is 15.5 Å². The summed E-state index contributed by atoms with van der Waals surface area (Å²) in [7, 11) is -1.04. The normalized spacial score (nSPS) is 22.5. The number of halogens is 1. The molecule has 31 heavy (non-hydrogen) atoms. The Balaban J connectivity index is 0.00000272. The number of aromatic carboxylic acids is 1. The molecule has 4 rings (SSSR count). The zero-order valence-electron chi connectivity index (χ0n) is 17.0. The van der Waals surface area contributed by atoms with Crippen LogP contribution in [-0.2, 0) is 16.0 Å². The Morgan fingerprint density at radius 1 is 1.32 bits per heavy atom. The zero-order chi connectivity index (χ0) is 21.4. The average Bonchev–Trinajstić information content (AvgIpc) is 3.10. The molecule has 2 saturated heterocycles. The van der Waals surface area contributed by atoms with Crippen LogP contribution in [0.4, 0.5) is 0 Å². The van der Waals surface area contributed by atoms with E-state index >= 15 is 0 Å². The van der Waals surface area contributed by atoms with Gasteiger partial charge in [0, 0.05) is 19.5 Å². The fourth-order valence-electron chi connectivity index (χ4n) is 4.13. The molecule has 2 amide bonds. The molecular weight excluding hydrogens is 428 g/mol. The highest BCUT2D eigenvalue weighted by molar-refractivity contribution is 6.44. The Morgan fingerprint density at radius 3 is 2.74 bits per heavy atom. The molecule has 0 bridgehead atoms. The summed E-state index contributed by atoms with van der Waals surface area (Å²) in [6, 6.07) is 2.93. The Kier molecular flexibility index (Phi) is 6.98. The number of amides is 2. The van der Waals surface area contributed by atoms with E-state index in [9.17, 15) is 24.5 Å². The van der Waals surface area contributed by atoms with Gasteiger partial charge < -0.3 is 35.1 Å². The molecule has 0 unspecified atom stereocenters. The van der Waals surface area contributed by atoms with Crippen LogP contribution in [0.2, 0.25) is 6.32 Å². The molecule has 1 aromatic carbocycles. The number of fused-ring (bicyclic) bond motifs is 1. The van der Waals surface area contributed by atoms with Gasteiger partial charge in [0.15, 0.2) is 0 Å². The summed E-state index contributed by atoms with van der Waals surface area (Å²) in [5, 5.41) is 25.3. The largest absolute Gasteiger partial charge is 0.535 e. The minimum Gasteiger partial charge on any atom is -0.535 e. The molecule has 10 nitrogen and oxygen atoms in total. The van der Waals surface area contributed by atoms with Gasteiger partial charge in [-0.3, -0.25) is 9.59 Å². The number of carbonyl (C=O) groups is 3. The van der Waals surface area contributed by atoms with Crippen molar-refractivity contribution in [2.24, 2.45) is 0 Å². The number of carboxylic acids is 1. The molecule has 12 heteroatoms. The third-order valence-corrected chi connectivity index (χ3v) is 5.62. The number of benzene rings is 1. The highest BCUT2D eigenvalue weighted by atomic mass is 35.5. The highest BCUT2D eigenvalue weighted by Crippen LogP contribution is 2.37. The summed E-state index contributed by atoms with van der Waals surface area (Å²) in [6.45, 7) is 2.69. The average molecular weight is 454 g/mol. The number of hydrogen-bond donors (Lipinski definition) is 4. The predicted molar refractivity (Wildman–Crippen MR) is 113 cm³/mol. The number of likely N-dealkylation sites (tertiary alicyclic amines) is 1. The van der Waals surface area contributed by atoms with Crippen LogP contribution in [0.3, 0.4) is 0 Å². The van der Waals surface area contributed by atoms with Crippen molar-refractivity contribution in [3.8, 4) is 11.5 Å². The SMILES string of the molecule is CC(=O)N[C@H]1CN[C@H](C(=O)N2CC(Oc3ccc4c(c3C(=O)O)OB(O)CC4)C2)C1.Cl. The third kappa shape index (κ3) is 4.89. The maximum absolute atomic E-state index is 12.6. The fourth-order valence-corrected chi connectivity index (χ4v) is 4.13. The number of hydrogen-bond acceptors (Lipinski definition) is 7. The Hall–Kier alpha value is -2.50. The Labute approximate surface area is 185 Å². The molecule has 2 atom stereocenters. The first-order valence-electron chi connectivity index (χ1n) is 10.0. The molecule has 4 N–H and O–H groups in total. The van der Waals surface area contributed by atoms with Crippen LogP contribution in [0.25, 0.3) is 0 Å². The van der Waals surface area contributed by atoms with Crippen molar-refractivity contribution in [2.75, 3.05) is 19.6 Å². The van der Waals surface area contributed by atoms with E-state index in [1.165, 1.54) is 6.92 Å². The molecule has 3 aliphatic rings. The molecule has 0 aliphatic carbocycles. The van der Waals surface area contributed by atoms with Crippen molar-refractivity contribution >= 4 is 37.3 Å². The lowest BCUT2D eigenvalue weighted by molar-refractivity contribution is -0.142. The summed E-state index contributed by atoms with van der Waals surface area (Å²) in [6.07, 6.45) is 1.14. The minimum absolute atomic E-state index is 0. The van der Waals surface area contributed by atoms with Gasteiger partial charge in [0.2, 0.25) is 11.8 Å². The molecule has 0 aromatic heterocycles. The monoisotopic (exact) mass is 453 g/mol. The van der Waals surface area contributed by atoms with Gasteiger partial charge in [0.1, 0.15) is 23.2 Å². The summed E-state index contributed by atoms with van der Waals surface area (Å²) >= 11 is 0. The molecule has 0 saturated carbocycles. The van der Waals surface area contributed by atoms with E-state index in [4.69, 9.17) is 9.39 Å². The lowest BCUT2D eigenvalue weighted by atomic mass is 9.78. The summed E-state index contributed by atoms with van der Waals surface area (Å²) in [5.74, 6) is -1.06. The van der Waals surface area contributed by atoms with Crippen molar-refractivity contribution in [2.45, 2.75) is 44.3 Å². The third-order valence-electron chi connectivity index (χ3n) is 5.62. The predicted octanol–water partition coefficient (Wildman–Crippen LogP) is -0.322. The molecule has 0 spiro atoms. The number of carboxylic acid groups (broad SMARTS) is 1. The van der Waals surface area contributed by atoms with E-state index in [0.29, 0.717) is 38.8 Å². The highest BCUT2D eigenvalue weighted by Gasteiger charge is 2.40. The van der Waals surface area contributed by atoms with Gasteiger partial charge >= 0.3 is 13.1 Å². The Morgan fingerprint density at radius 2 is 2.06 bits per heavy atom. The van der Waals surface area contributed by atoms with Gasteiger partial charge in [-0.05, 0) is 30.8 Å². The van der Waals surface area contributed by atoms with Crippen LogP contribution in [0.15, 0.2) is 12.1 Å². The molecular formula is C19H25BClN3O7. The second-order valence-corrected chi connectivity index (χ2v) is 7.92. The zero-order valence-corrected chi connectivity index (χ0v) is 17.8. The first-order valence-corrected chi connectivity index (χ1v) is 10.0. The van der Waals surface area contributed by atoms with Crippen molar-refractivity contribution in [1.29, 1.82) is 0 Å². The van der Waals surface area contributed by atoms with Crippen molar-refractivity contribution in [3.05, 3.63) is 23.3 Å². The lowest BCUT2D eigenvalue weighted by Gasteiger charge is -2.40. The van der Waals surface area contributed by atoms with Crippen LogP contribution in [0.1, 0.15) is 29.3 Å². The van der Waals surface area contributed by atoms with Crippen LogP contribution >= 0.6 is 12.4 Å². The van der Waals surface area contributed by atoms with E-state index in [-0.39, 0.29) is 59.5 Å². The van der Waals surface area contributed by atoms with Crippen LogP contribution in [-0.4, -0.2) is 77.8 Å². The molecule has 3 heterocycles. The van der Waals surface area contributed by atoms with Gasteiger partial charge in [0.05, 0.1) is 19.1 Å². The number of rotatable bonds is 5. The smallest absolute Gasteiger partial charge is 0.522 e. The summed E-state index contributed by atoms with van der Waals surface area (Å²) < 4.78 is 11.2. The van der Waals surface area contributed by atoms with E-state index < -0.39 is 13.1 Å². The maximum Gasteiger partial charge on any atom is 0.522 e. The number of nitrogens with one attached hydrogen (secondary N) is 2. The minimum atomic E-state index is -1.19. The Bertz CT molecular complexity index is 880. The van der Waals surface area contributed by atoms with Gasteiger partial charge in [-0.25, -0.2) is 4.79 Å². The number of aryl methyl sites for hydroxylation is 1. The number of carbonyl (C=O) groups excluding carboxylic acids is 2. The van der Waals surface area contributed by atoms with Gasteiger partial charge in [0.25, 0.3) is 0 Å². The quantitative estimate of drug-likeness (QED) is 0.445. The second-order valence-electron chi connectivity index (χ2n) is 7.92. The van der Waals surface area contributed by atoms with Gasteiger partial charge in [-0.15, -0.1) is 12.4 Å². The topological polar surface area (TPSA) is 137 Å². The standard InChI is InChI=1S/C19H24BN3O7.ClH/c1-10(24)22-12-6-14(21-7-12)18(25)23-8-13(9-23)29-15-3-2-11-4-5-20(28)30-17(11)16(15)19(26)27;/h2-3,12-14,21,28H,4-9H2,1H3,(H,22,24)(H,26,27);1H/t12-,14+;/m1./s1. The van der Waals surface area contributed by atoms with Crippen LogP contribution in [0, 0.1) is 0 Å². The molecule has 3 aliphatic heterocycles. The number of nitrogens with zero attached hydrogens (tertiary/aromatic N) is 1. The van der Waals surface area contributed by atoms with Crippen LogP contribution in [0.5, 0.6) is 11.5 Å². The van der Waals surface area contributed by atoms with E-state index in [2.05, 4.69) is 10.6 Å². The summed E-state index contributed by atoms with van der Waals surface area (Å²) in [4.78, 5) is 37.2. The van der Waals surface area contributed by atoms with Gasteiger partial charge in [-0.1, -0.05) is 6.07 Å². The van der Waals surface area contributed by atoms with Crippen molar-refractivity contribution < 1.29 is 33.9 Å². The second kappa shape index (κ2) is 9.33. The first-order chi connectivity index (χ1) is 14.3. The maximum atomic E-state index is 12.6. The lowest BCUT2D eigenvalue weighted by Crippen LogP contribution is -2.59.